The maximum Gasteiger partial charge on any atom is 0.266 e. The molecule has 0 radical (unpaired) electrons. The van der Waals surface area contributed by atoms with Crippen LogP contribution < -0.4 is 20.9 Å². The number of nitrogen functional groups attached to an aromatic ring is 1. The molecule has 3 heterocycles. The van der Waals surface area contributed by atoms with Gasteiger partial charge in [-0.05, 0) is 43.5 Å². The molecule has 3 N–H and O–H groups in total. The molecule has 1 amide bonds. The monoisotopic (exact) mass is 496 g/mol. The summed E-state index contributed by atoms with van der Waals surface area (Å²) < 4.78 is 14.8. The van der Waals surface area contributed by atoms with Gasteiger partial charge in [0, 0.05) is 50.1 Å². The lowest BCUT2D eigenvalue weighted by Crippen LogP contribution is -2.39. The molecule has 4 rings (SSSR count). The van der Waals surface area contributed by atoms with Gasteiger partial charge >= 0.3 is 0 Å². The van der Waals surface area contributed by atoms with E-state index in [0.29, 0.717) is 40.6 Å². The molecule has 0 bridgehead atoms. The summed E-state index contributed by atoms with van der Waals surface area (Å²) in [6.45, 7) is 6.23. The van der Waals surface area contributed by atoms with Crippen LogP contribution in [0.2, 0.25) is 0 Å². The second kappa shape index (κ2) is 12.5. The molecule has 0 spiro atoms. The van der Waals surface area contributed by atoms with Crippen molar-refractivity contribution in [2.75, 3.05) is 42.2 Å². The third-order valence-corrected chi connectivity index (χ3v) is 7.21. The van der Waals surface area contributed by atoms with Crippen molar-refractivity contribution in [3.8, 4) is 6.07 Å². The number of aromatic nitrogens is 1. The Labute approximate surface area is 211 Å². The molecule has 2 aliphatic heterocycles. The van der Waals surface area contributed by atoms with E-state index >= 15 is 0 Å². The Morgan fingerprint density at radius 2 is 1.91 bits per heavy atom. The highest BCUT2D eigenvalue weighted by Gasteiger charge is 2.30. The molecule has 1 fully saturated rings. The van der Waals surface area contributed by atoms with Crippen LogP contribution in [-0.2, 0) is 10.5 Å². The molecule has 0 unspecified atom stereocenters. The fourth-order valence-electron chi connectivity index (χ4n) is 4.22. The van der Waals surface area contributed by atoms with E-state index in [2.05, 4.69) is 21.3 Å². The summed E-state index contributed by atoms with van der Waals surface area (Å²) in [4.78, 5) is 21.8. The third kappa shape index (κ3) is 5.88. The fourth-order valence-corrected chi connectivity index (χ4v) is 5.35. The summed E-state index contributed by atoms with van der Waals surface area (Å²) in [5, 5.41) is 12.6. The molecular formula is C26H33FN6OS. The van der Waals surface area contributed by atoms with Gasteiger partial charge < -0.3 is 20.9 Å². The number of halogens is 1. The van der Waals surface area contributed by atoms with Gasteiger partial charge in [0.05, 0.1) is 21.8 Å². The topological polar surface area (TPSA) is 98.3 Å². The number of pyridine rings is 1. The summed E-state index contributed by atoms with van der Waals surface area (Å²) in [6.07, 6.45) is 3.99. The first kappa shape index (κ1) is 26.4. The number of rotatable bonds is 6. The largest absolute Gasteiger partial charge is 0.398 e. The zero-order valence-corrected chi connectivity index (χ0v) is 21.4. The number of nitrogens with one attached hydrogen (secondary N) is 1. The lowest BCUT2D eigenvalue weighted by molar-refractivity contribution is -0.114. The number of nitriles is 1. The van der Waals surface area contributed by atoms with Crippen LogP contribution in [-0.4, -0.2) is 37.6 Å². The number of hydrogen-bond acceptors (Lipinski definition) is 7. The number of hydrogen-bond donors (Lipinski definition) is 2. The van der Waals surface area contributed by atoms with Crippen LogP contribution in [0, 0.1) is 17.3 Å². The number of thioether (sulfide) groups is 1. The van der Waals surface area contributed by atoms with E-state index < -0.39 is 5.95 Å². The molecule has 2 aliphatic rings. The Hall–Kier alpha value is -3.25. The van der Waals surface area contributed by atoms with E-state index in [0.717, 1.165) is 31.6 Å². The first-order chi connectivity index (χ1) is 17.0. The second-order valence-electron chi connectivity index (χ2n) is 8.07. The van der Waals surface area contributed by atoms with Crippen LogP contribution in [0.25, 0.3) is 0 Å². The smallest absolute Gasteiger partial charge is 0.266 e. The Balaban J connectivity index is 0.00000167. The molecule has 1 aromatic carbocycles. The van der Waals surface area contributed by atoms with Crippen LogP contribution in [0.3, 0.4) is 0 Å². The van der Waals surface area contributed by atoms with Crippen LogP contribution in [0.1, 0.15) is 50.7 Å². The van der Waals surface area contributed by atoms with Crippen molar-refractivity contribution in [3.05, 3.63) is 58.0 Å². The molecule has 2 aromatic rings. The number of anilines is 3. The lowest BCUT2D eigenvalue weighted by atomic mass is 10.1. The van der Waals surface area contributed by atoms with E-state index in [1.165, 1.54) is 18.2 Å². The number of benzene rings is 1. The van der Waals surface area contributed by atoms with Crippen molar-refractivity contribution in [2.45, 2.75) is 45.3 Å². The zero-order chi connectivity index (χ0) is 25.4. The van der Waals surface area contributed by atoms with Crippen molar-refractivity contribution in [2.24, 2.45) is 0 Å². The minimum atomic E-state index is -0.500. The molecule has 7 nitrogen and oxygen atoms in total. The van der Waals surface area contributed by atoms with Gasteiger partial charge in [0.2, 0.25) is 5.95 Å². The predicted octanol–water partition coefficient (Wildman–Crippen LogP) is 4.79. The fraction of sp³-hybridized carbons (Fsp3) is 0.423. The van der Waals surface area contributed by atoms with Gasteiger partial charge in [0.1, 0.15) is 11.9 Å². The van der Waals surface area contributed by atoms with Crippen LogP contribution in [0.5, 0.6) is 0 Å². The molecule has 0 aliphatic carbocycles. The molecule has 9 heteroatoms. The Bertz CT molecular complexity index is 1120. The minimum absolute atomic E-state index is 0.226. The van der Waals surface area contributed by atoms with E-state index in [1.807, 2.05) is 19.9 Å². The second-order valence-corrected chi connectivity index (χ2v) is 9.06. The Kier molecular flexibility index (Phi) is 9.38. The van der Waals surface area contributed by atoms with Gasteiger partial charge in [-0.15, -0.1) is 11.8 Å². The van der Waals surface area contributed by atoms with E-state index in [9.17, 15) is 14.4 Å². The summed E-state index contributed by atoms with van der Waals surface area (Å²) in [5.41, 5.74) is 8.32. The SMILES string of the molecule is CC.CNC1=C(SCc2ccc(N3CCCCC3)nc2F)C(=O)N(c2cccc(N)c2C#N)CC1. The number of nitrogens with two attached hydrogens (primary N) is 1. The standard InChI is InChI=1S/C24H27FN6OS.C2H6/c1-28-19-10-13-31(20-7-5-6-18(27)17(20)14-26)24(32)22(19)33-15-16-8-9-21(29-23(16)25)30-11-3-2-4-12-30;1-2/h5-9,28H,2-4,10-13,15,27H2,1H3;1-2H3. The minimum Gasteiger partial charge on any atom is -0.398 e. The maximum absolute atomic E-state index is 14.8. The van der Waals surface area contributed by atoms with Gasteiger partial charge in [-0.3, -0.25) is 4.79 Å². The van der Waals surface area contributed by atoms with Crippen molar-refractivity contribution < 1.29 is 9.18 Å². The Morgan fingerprint density at radius 1 is 1.17 bits per heavy atom. The molecular weight excluding hydrogens is 463 g/mol. The first-order valence-electron chi connectivity index (χ1n) is 12.1. The zero-order valence-electron chi connectivity index (χ0n) is 20.6. The number of nitrogens with zero attached hydrogens (tertiary/aromatic N) is 4. The average molecular weight is 497 g/mol. The highest BCUT2D eigenvalue weighted by molar-refractivity contribution is 8.03. The number of carbonyl (C=O) groups is 1. The van der Waals surface area contributed by atoms with Gasteiger partial charge in [0.15, 0.2) is 0 Å². The Morgan fingerprint density at radius 3 is 2.57 bits per heavy atom. The van der Waals surface area contributed by atoms with E-state index in [-0.39, 0.29) is 17.2 Å². The van der Waals surface area contributed by atoms with Gasteiger partial charge in [-0.2, -0.15) is 9.65 Å². The number of piperidine rings is 1. The summed E-state index contributed by atoms with van der Waals surface area (Å²) in [5.74, 6) is 0.221. The van der Waals surface area contributed by atoms with Crippen LogP contribution in [0.4, 0.5) is 21.6 Å². The van der Waals surface area contributed by atoms with Crippen LogP contribution in [0.15, 0.2) is 40.9 Å². The molecule has 1 aromatic heterocycles. The number of carbonyl (C=O) groups excluding carboxylic acids is 1. The third-order valence-electron chi connectivity index (χ3n) is 6.04. The normalized spacial score (nSPS) is 15.9. The highest BCUT2D eigenvalue weighted by atomic mass is 32.2. The maximum atomic E-state index is 14.8. The average Bonchev–Trinajstić information content (AvgIpc) is 2.90. The quantitative estimate of drug-likeness (QED) is 0.438. The van der Waals surface area contributed by atoms with Crippen molar-refractivity contribution in [1.82, 2.24) is 10.3 Å². The van der Waals surface area contributed by atoms with Gasteiger partial charge in [-0.25, -0.2) is 4.98 Å². The van der Waals surface area contributed by atoms with Crippen molar-refractivity contribution in [1.29, 1.82) is 5.26 Å². The molecule has 186 valence electrons. The predicted molar refractivity (Wildman–Crippen MR) is 142 cm³/mol. The lowest BCUT2D eigenvalue weighted by Gasteiger charge is -2.31. The summed E-state index contributed by atoms with van der Waals surface area (Å²) >= 11 is 1.28. The number of amides is 1. The van der Waals surface area contributed by atoms with Crippen LogP contribution >= 0.6 is 11.8 Å². The molecule has 1 saturated heterocycles. The van der Waals surface area contributed by atoms with Gasteiger partial charge in [-0.1, -0.05) is 19.9 Å². The van der Waals surface area contributed by atoms with E-state index in [1.54, 1.807) is 36.2 Å². The van der Waals surface area contributed by atoms with Crippen molar-refractivity contribution in [3.63, 3.8) is 0 Å². The summed E-state index contributed by atoms with van der Waals surface area (Å²) in [6, 6.07) is 10.8. The molecule has 0 atom stereocenters. The molecule has 0 saturated carbocycles. The van der Waals surface area contributed by atoms with E-state index in [4.69, 9.17) is 5.73 Å². The van der Waals surface area contributed by atoms with Crippen molar-refractivity contribution >= 4 is 34.9 Å². The first-order valence-corrected chi connectivity index (χ1v) is 13.1. The van der Waals surface area contributed by atoms with Gasteiger partial charge in [0.25, 0.3) is 5.91 Å². The summed E-state index contributed by atoms with van der Waals surface area (Å²) in [7, 11) is 1.77. The molecule has 35 heavy (non-hydrogen) atoms. The highest BCUT2D eigenvalue weighted by Crippen LogP contribution is 2.35.